The van der Waals surface area contributed by atoms with Crippen LogP contribution in [0.5, 0.6) is 0 Å². The van der Waals surface area contributed by atoms with Crippen molar-refractivity contribution in [3.8, 4) is 0 Å². The molecule has 2 aromatic rings. The van der Waals surface area contributed by atoms with Crippen molar-refractivity contribution < 1.29 is 9.53 Å². The first-order chi connectivity index (χ1) is 14.3. The van der Waals surface area contributed by atoms with E-state index in [1.165, 1.54) is 36.1 Å². The molecule has 2 aromatic carbocycles. The zero-order chi connectivity index (χ0) is 19.4. The number of ether oxygens (including phenoxy) is 1. The monoisotopic (exact) mass is 388 g/mol. The summed E-state index contributed by atoms with van der Waals surface area (Å²) >= 11 is 0. The Labute approximate surface area is 172 Å². The maximum absolute atomic E-state index is 13.1. The number of benzene rings is 2. The average molecular weight is 389 g/mol. The van der Waals surface area contributed by atoms with Crippen molar-refractivity contribution in [1.29, 1.82) is 0 Å². The third kappa shape index (κ3) is 2.80. The summed E-state index contributed by atoms with van der Waals surface area (Å²) in [5.41, 5.74) is 4.85. The summed E-state index contributed by atoms with van der Waals surface area (Å²) in [5.74, 6) is 2.94. The molecule has 29 heavy (non-hydrogen) atoms. The Kier molecular flexibility index (Phi) is 4.15. The molecule has 2 heterocycles. The van der Waals surface area contributed by atoms with Gasteiger partial charge in [-0.3, -0.25) is 4.79 Å². The predicted octanol–water partition coefficient (Wildman–Crippen LogP) is 4.46. The number of morpholine rings is 1. The first-order valence-corrected chi connectivity index (χ1v) is 11.1. The molecule has 150 valence electrons. The summed E-state index contributed by atoms with van der Waals surface area (Å²) in [6.45, 7) is 2.68. The normalized spacial score (nSPS) is 32.4. The molecular weight excluding hydrogens is 360 g/mol. The van der Waals surface area contributed by atoms with E-state index in [0.717, 1.165) is 17.4 Å². The van der Waals surface area contributed by atoms with Crippen LogP contribution in [0.4, 0.5) is 5.69 Å². The third-order valence-corrected chi connectivity index (χ3v) is 7.79. The lowest BCUT2D eigenvalue weighted by Gasteiger charge is -2.43. The number of nitrogens with zero attached hydrogens (tertiary/aromatic N) is 1. The van der Waals surface area contributed by atoms with Crippen molar-refractivity contribution in [2.24, 2.45) is 17.8 Å². The summed E-state index contributed by atoms with van der Waals surface area (Å²) in [7, 11) is 0. The molecule has 0 spiro atoms. The number of amides is 1. The van der Waals surface area contributed by atoms with Crippen LogP contribution in [0.15, 0.2) is 48.5 Å². The van der Waals surface area contributed by atoms with Gasteiger partial charge in [0.25, 0.3) is 5.91 Å². The fourth-order valence-electron chi connectivity index (χ4n) is 6.56. The van der Waals surface area contributed by atoms with Crippen LogP contribution in [-0.2, 0) is 4.74 Å². The molecule has 4 heteroatoms. The number of hydrogen-bond acceptors (Lipinski definition) is 3. The van der Waals surface area contributed by atoms with Crippen molar-refractivity contribution in [1.82, 2.24) is 4.90 Å². The highest BCUT2D eigenvalue weighted by molar-refractivity contribution is 5.95. The summed E-state index contributed by atoms with van der Waals surface area (Å²) in [6.07, 6.45) is 4.05. The molecule has 0 aromatic heterocycles. The number of carbonyl (C=O) groups is 1. The van der Waals surface area contributed by atoms with Crippen molar-refractivity contribution in [2.45, 2.75) is 31.2 Å². The Morgan fingerprint density at radius 2 is 1.79 bits per heavy atom. The van der Waals surface area contributed by atoms with E-state index in [1.807, 2.05) is 11.0 Å². The van der Waals surface area contributed by atoms with E-state index in [1.54, 1.807) is 0 Å². The minimum Gasteiger partial charge on any atom is -0.378 e. The lowest BCUT2D eigenvalue weighted by atomic mass is 9.68. The van der Waals surface area contributed by atoms with Gasteiger partial charge in [-0.25, -0.2) is 0 Å². The fraction of sp³-hybridized carbons (Fsp3) is 0.480. The number of anilines is 1. The SMILES string of the molecule is O=C(c1ccc2c(c1)[C@H]1[C@H]3CC[C@@H](C3)[C@@H]1[C@@H](c1ccccc1)N2)N1CCOCC1. The summed E-state index contributed by atoms with van der Waals surface area (Å²) in [5, 5.41) is 3.87. The van der Waals surface area contributed by atoms with Gasteiger partial charge in [-0.15, -0.1) is 0 Å². The first-order valence-electron chi connectivity index (χ1n) is 11.1. The van der Waals surface area contributed by atoms with E-state index in [-0.39, 0.29) is 5.91 Å². The highest BCUT2D eigenvalue weighted by atomic mass is 16.5. The molecule has 6 rings (SSSR count). The van der Waals surface area contributed by atoms with E-state index in [2.05, 4.69) is 47.8 Å². The minimum absolute atomic E-state index is 0.154. The highest BCUT2D eigenvalue weighted by Crippen LogP contribution is 2.63. The van der Waals surface area contributed by atoms with Crippen LogP contribution in [0, 0.1) is 17.8 Å². The molecule has 2 saturated carbocycles. The van der Waals surface area contributed by atoms with Crippen LogP contribution in [0.25, 0.3) is 0 Å². The Morgan fingerprint density at radius 3 is 2.62 bits per heavy atom. The van der Waals surface area contributed by atoms with Gasteiger partial charge in [0.1, 0.15) is 0 Å². The quantitative estimate of drug-likeness (QED) is 0.826. The molecule has 2 aliphatic carbocycles. The van der Waals surface area contributed by atoms with Gasteiger partial charge in [-0.1, -0.05) is 30.3 Å². The van der Waals surface area contributed by atoms with E-state index in [0.29, 0.717) is 44.2 Å². The zero-order valence-corrected chi connectivity index (χ0v) is 16.7. The van der Waals surface area contributed by atoms with E-state index in [4.69, 9.17) is 4.74 Å². The van der Waals surface area contributed by atoms with Crippen LogP contribution < -0.4 is 5.32 Å². The Bertz CT molecular complexity index is 922. The van der Waals surface area contributed by atoms with E-state index in [9.17, 15) is 4.79 Å². The zero-order valence-electron chi connectivity index (χ0n) is 16.7. The van der Waals surface area contributed by atoms with Crippen molar-refractivity contribution in [3.63, 3.8) is 0 Å². The van der Waals surface area contributed by atoms with E-state index >= 15 is 0 Å². The predicted molar refractivity (Wildman–Crippen MR) is 113 cm³/mol. The summed E-state index contributed by atoms with van der Waals surface area (Å²) < 4.78 is 5.42. The third-order valence-electron chi connectivity index (χ3n) is 7.79. The number of carbonyl (C=O) groups excluding carboxylic acids is 1. The molecule has 2 aliphatic heterocycles. The standard InChI is InChI=1S/C25H28N2O2/c28-25(27-10-12-29-13-11-27)19-8-9-21-20(15-19)22-17-6-7-18(14-17)23(22)24(26-21)16-4-2-1-3-5-16/h1-5,8-9,15,17-18,22-24,26H,6-7,10-14H2/t17-,18-,22+,23-,24+/m0/s1. The van der Waals surface area contributed by atoms with E-state index < -0.39 is 0 Å². The number of hydrogen-bond donors (Lipinski definition) is 1. The first kappa shape index (κ1) is 17.5. The number of nitrogens with one attached hydrogen (secondary N) is 1. The molecular formula is C25H28N2O2. The van der Waals surface area contributed by atoms with Crippen LogP contribution in [0.3, 0.4) is 0 Å². The van der Waals surface area contributed by atoms with Gasteiger partial charge in [-0.2, -0.15) is 0 Å². The Balaban J connectivity index is 1.38. The molecule has 4 nitrogen and oxygen atoms in total. The van der Waals surface area contributed by atoms with Crippen LogP contribution >= 0.6 is 0 Å². The Morgan fingerprint density at radius 1 is 1.00 bits per heavy atom. The van der Waals surface area contributed by atoms with Gasteiger partial charge in [0.2, 0.25) is 0 Å². The van der Waals surface area contributed by atoms with Crippen LogP contribution in [-0.4, -0.2) is 37.1 Å². The number of rotatable bonds is 2. The largest absolute Gasteiger partial charge is 0.378 e. The molecule has 1 saturated heterocycles. The second-order valence-electron chi connectivity index (χ2n) is 9.18. The van der Waals surface area contributed by atoms with Gasteiger partial charge in [-0.05, 0) is 72.3 Å². The lowest BCUT2D eigenvalue weighted by Crippen LogP contribution is -2.41. The second kappa shape index (κ2) is 6.88. The molecule has 2 bridgehead atoms. The van der Waals surface area contributed by atoms with Gasteiger partial charge in [0.15, 0.2) is 0 Å². The number of fused-ring (bicyclic) bond motifs is 7. The Hall–Kier alpha value is -2.33. The molecule has 3 fully saturated rings. The lowest BCUT2D eigenvalue weighted by molar-refractivity contribution is 0.0303. The molecule has 1 N–H and O–H groups in total. The van der Waals surface area contributed by atoms with Crippen molar-refractivity contribution in [3.05, 3.63) is 65.2 Å². The van der Waals surface area contributed by atoms with Gasteiger partial charge < -0.3 is 15.0 Å². The average Bonchev–Trinajstić information content (AvgIpc) is 3.42. The molecule has 0 unspecified atom stereocenters. The van der Waals surface area contributed by atoms with Gasteiger partial charge >= 0.3 is 0 Å². The summed E-state index contributed by atoms with van der Waals surface area (Å²) in [6, 6.07) is 17.7. The maximum atomic E-state index is 13.1. The fourth-order valence-corrected chi connectivity index (χ4v) is 6.56. The smallest absolute Gasteiger partial charge is 0.254 e. The van der Waals surface area contributed by atoms with Crippen LogP contribution in [0.2, 0.25) is 0 Å². The topological polar surface area (TPSA) is 41.6 Å². The maximum Gasteiger partial charge on any atom is 0.254 e. The molecule has 5 atom stereocenters. The second-order valence-corrected chi connectivity index (χ2v) is 9.18. The van der Waals surface area contributed by atoms with Gasteiger partial charge in [0, 0.05) is 24.3 Å². The summed E-state index contributed by atoms with van der Waals surface area (Å²) in [4.78, 5) is 15.0. The van der Waals surface area contributed by atoms with Crippen molar-refractivity contribution >= 4 is 11.6 Å². The molecule has 1 amide bonds. The molecule has 0 radical (unpaired) electrons. The molecule has 4 aliphatic rings. The van der Waals surface area contributed by atoms with Gasteiger partial charge in [0.05, 0.1) is 19.3 Å². The highest BCUT2D eigenvalue weighted by Gasteiger charge is 2.53. The van der Waals surface area contributed by atoms with Crippen LogP contribution in [0.1, 0.15) is 52.7 Å². The van der Waals surface area contributed by atoms with Crippen molar-refractivity contribution in [2.75, 3.05) is 31.6 Å². The minimum atomic E-state index is 0.154.